The van der Waals surface area contributed by atoms with Crippen molar-refractivity contribution < 1.29 is 17.9 Å². The summed E-state index contributed by atoms with van der Waals surface area (Å²) < 4.78 is 42.3. The molecule has 0 radical (unpaired) electrons. The lowest BCUT2D eigenvalue weighted by Gasteiger charge is -2.21. The average Bonchev–Trinajstić information content (AvgIpc) is 3.53. The quantitative estimate of drug-likeness (QED) is 0.311. The molecule has 0 saturated carbocycles. The van der Waals surface area contributed by atoms with E-state index in [1.165, 1.54) is 26.6 Å². The van der Waals surface area contributed by atoms with E-state index in [-0.39, 0.29) is 5.95 Å². The van der Waals surface area contributed by atoms with Crippen molar-refractivity contribution in [3.63, 3.8) is 0 Å². The second kappa shape index (κ2) is 10.8. The maximum Gasteiger partial charge on any atom is 0.243 e. The summed E-state index contributed by atoms with van der Waals surface area (Å²) in [6, 6.07) is 7.27. The topological polar surface area (TPSA) is 121 Å². The molecule has 0 aliphatic heterocycles. The van der Waals surface area contributed by atoms with Gasteiger partial charge in [-0.3, -0.25) is 9.29 Å². The van der Waals surface area contributed by atoms with Crippen LogP contribution >= 0.6 is 22.9 Å². The van der Waals surface area contributed by atoms with Crippen LogP contribution in [-0.4, -0.2) is 52.6 Å². The molecule has 13 heteroatoms. The van der Waals surface area contributed by atoms with Crippen molar-refractivity contribution in [3.05, 3.63) is 69.7 Å². The number of hydrogen-bond donors (Lipinski definition) is 1. The Bertz CT molecular complexity index is 1400. The lowest BCUT2D eigenvalue weighted by Crippen LogP contribution is -2.31. The van der Waals surface area contributed by atoms with Crippen molar-refractivity contribution in [1.29, 1.82) is 0 Å². The van der Waals surface area contributed by atoms with Gasteiger partial charge in [-0.1, -0.05) is 24.6 Å². The van der Waals surface area contributed by atoms with E-state index < -0.39 is 21.2 Å². The number of para-hydroxylation sites is 1. The van der Waals surface area contributed by atoms with E-state index in [9.17, 15) is 8.42 Å². The molecule has 4 rings (SSSR count). The van der Waals surface area contributed by atoms with Crippen LogP contribution in [0.2, 0.25) is 5.02 Å². The van der Waals surface area contributed by atoms with Gasteiger partial charge < -0.3 is 9.47 Å². The van der Waals surface area contributed by atoms with Gasteiger partial charge in [-0.25, -0.2) is 18.4 Å². The molecule has 1 N–H and O–H groups in total. The van der Waals surface area contributed by atoms with Crippen LogP contribution in [0.25, 0.3) is 5.69 Å². The SMILES string of the molecule is COc1cccc(OC)c1-n1c(Cc2ccsc2)nnc1NS(=O)(=O)C(C)C(C)c1ncc(Cl)cn1. The third-order valence-electron chi connectivity index (χ3n) is 5.77. The molecule has 0 saturated heterocycles. The lowest BCUT2D eigenvalue weighted by molar-refractivity contribution is 0.391. The zero-order chi connectivity index (χ0) is 25.9. The number of nitrogens with one attached hydrogen (secondary N) is 1. The number of aromatic nitrogens is 5. The van der Waals surface area contributed by atoms with Crippen molar-refractivity contribution in [3.8, 4) is 17.2 Å². The van der Waals surface area contributed by atoms with E-state index in [2.05, 4.69) is 24.9 Å². The molecule has 2 unspecified atom stereocenters. The summed E-state index contributed by atoms with van der Waals surface area (Å²) in [6.45, 7) is 3.32. The van der Waals surface area contributed by atoms with Gasteiger partial charge in [0.2, 0.25) is 16.0 Å². The first-order valence-electron chi connectivity index (χ1n) is 10.9. The molecule has 0 aliphatic carbocycles. The smallest absolute Gasteiger partial charge is 0.243 e. The van der Waals surface area contributed by atoms with Gasteiger partial charge >= 0.3 is 0 Å². The molecule has 36 heavy (non-hydrogen) atoms. The van der Waals surface area contributed by atoms with Crippen molar-refractivity contribution in [2.75, 3.05) is 18.9 Å². The summed E-state index contributed by atoms with van der Waals surface area (Å²) in [7, 11) is -0.898. The molecule has 10 nitrogen and oxygen atoms in total. The summed E-state index contributed by atoms with van der Waals surface area (Å²) in [6.07, 6.45) is 3.30. The number of nitrogens with zero attached hydrogens (tertiary/aromatic N) is 5. The van der Waals surface area contributed by atoms with Gasteiger partial charge in [0.15, 0.2) is 0 Å². The fourth-order valence-corrected chi connectivity index (χ4v) is 5.61. The summed E-state index contributed by atoms with van der Waals surface area (Å²) in [4.78, 5) is 8.35. The summed E-state index contributed by atoms with van der Waals surface area (Å²) in [5.41, 5.74) is 1.50. The molecule has 3 heterocycles. The monoisotopic (exact) mass is 548 g/mol. The van der Waals surface area contributed by atoms with Gasteiger partial charge in [0.25, 0.3) is 0 Å². The number of sulfonamides is 1. The predicted molar refractivity (Wildman–Crippen MR) is 139 cm³/mol. The van der Waals surface area contributed by atoms with Crippen LogP contribution < -0.4 is 14.2 Å². The molecule has 4 aromatic rings. The van der Waals surface area contributed by atoms with E-state index in [4.69, 9.17) is 21.1 Å². The Labute approximate surface area is 218 Å². The number of benzene rings is 1. The zero-order valence-corrected chi connectivity index (χ0v) is 22.4. The first-order chi connectivity index (χ1) is 17.2. The van der Waals surface area contributed by atoms with E-state index in [0.717, 1.165) is 5.56 Å². The highest BCUT2D eigenvalue weighted by Gasteiger charge is 2.32. The maximum atomic E-state index is 13.5. The van der Waals surface area contributed by atoms with Crippen LogP contribution in [0.15, 0.2) is 47.4 Å². The molecule has 0 amide bonds. The van der Waals surface area contributed by atoms with Gasteiger partial charge in [-0.05, 0) is 41.4 Å². The molecule has 0 fully saturated rings. The zero-order valence-electron chi connectivity index (χ0n) is 20.0. The van der Waals surface area contributed by atoms with Gasteiger partial charge in [0.05, 0.1) is 24.5 Å². The fraction of sp³-hybridized carbons (Fsp3) is 0.304. The summed E-state index contributed by atoms with van der Waals surface area (Å²) in [5.74, 6) is 1.30. The Morgan fingerprint density at radius 3 is 2.33 bits per heavy atom. The largest absolute Gasteiger partial charge is 0.494 e. The Kier molecular flexibility index (Phi) is 7.76. The van der Waals surface area contributed by atoms with Crippen LogP contribution in [0.1, 0.15) is 37.0 Å². The van der Waals surface area contributed by atoms with Crippen molar-refractivity contribution in [2.45, 2.75) is 31.4 Å². The first-order valence-corrected chi connectivity index (χ1v) is 13.8. The minimum Gasteiger partial charge on any atom is -0.494 e. The normalized spacial score (nSPS) is 13.2. The van der Waals surface area contributed by atoms with Crippen molar-refractivity contribution >= 4 is 38.9 Å². The Morgan fingerprint density at radius 2 is 1.75 bits per heavy atom. The lowest BCUT2D eigenvalue weighted by atomic mass is 10.1. The summed E-state index contributed by atoms with van der Waals surface area (Å²) in [5, 5.41) is 12.0. The average molecular weight is 549 g/mol. The number of hydrogen-bond acceptors (Lipinski definition) is 9. The molecule has 0 aliphatic rings. The molecule has 3 aromatic heterocycles. The number of anilines is 1. The Morgan fingerprint density at radius 1 is 1.08 bits per heavy atom. The second-order valence-corrected chi connectivity index (χ2v) is 11.2. The van der Waals surface area contributed by atoms with E-state index >= 15 is 0 Å². The standard InChI is InChI=1S/C23H25ClN6O4S2/c1-14(22-25-11-17(24)12-26-22)15(2)36(31,32)29-23-28-27-20(10-16-8-9-35-13-16)30(23)21-18(33-3)6-5-7-19(21)34-4/h5-9,11-15H,10H2,1-4H3,(H,28,29). The van der Waals surface area contributed by atoms with Gasteiger partial charge in [-0.15, -0.1) is 10.2 Å². The van der Waals surface area contributed by atoms with Crippen LogP contribution in [0.5, 0.6) is 11.5 Å². The highest BCUT2D eigenvalue weighted by molar-refractivity contribution is 7.93. The van der Waals surface area contributed by atoms with Gasteiger partial charge in [0.1, 0.15) is 28.8 Å². The number of methoxy groups -OCH3 is 2. The summed E-state index contributed by atoms with van der Waals surface area (Å²) >= 11 is 7.44. The highest BCUT2D eigenvalue weighted by Crippen LogP contribution is 2.36. The van der Waals surface area contributed by atoms with Crippen LogP contribution in [0.4, 0.5) is 5.95 Å². The number of rotatable bonds is 10. The predicted octanol–water partition coefficient (Wildman–Crippen LogP) is 4.31. The van der Waals surface area contributed by atoms with E-state index in [1.807, 2.05) is 16.8 Å². The maximum absolute atomic E-state index is 13.5. The third kappa shape index (κ3) is 5.30. The van der Waals surface area contributed by atoms with Crippen molar-refractivity contribution in [1.82, 2.24) is 24.7 Å². The fourth-order valence-electron chi connectivity index (χ4n) is 3.62. The molecular formula is C23H25ClN6O4S2. The molecule has 2 atom stereocenters. The van der Waals surface area contributed by atoms with Crippen LogP contribution in [0, 0.1) is 0 Å². The number of thiophene rings is 1. The Hall–Kier alpha value is -3.22. The number of halogens is 1. The second-order valence-electron chi connectivity index (χ2n) is 8.00. The van der Waals surface area contributed by atoms with Crippen LogP contribution in [-0.2, 0) is 16.4 Å². The van der Waals surface area contributed by atoms with Crippen molar-refractivity contribution in [2.24, 2.45) is 0 Å². The molecule has 190 valence electrons. The third-order valence-corrected chi connectivity index (χ3v) is 8.55. The minimum atomic E-state index is -3.96. The highest BCUT2D eigenvalue weighted by atomic mass is 35.5. The van der Waals surface area contributed by atoms with E-state index in [0.29, 0.717) is 40.3 Å². The van der Waals surface area contributed by atoms with E-state index in [1.54, 1.807) is 48.0 Å². The van der Waals surface area contributed by atoms with Crippen LogP contribution in [0.3, 0.4) is 0 Å². The molecular weight excluding hydrogens is 524 g/mol. The van der Waals surface area contributed by atoms with Gasteiger partial charge in [0, 0.05) is 24.7 Å². The molecule has 0 spiro atoms. The number of ether oxygens (including phenoxy) is 2. The first kappa shape index (κ1) is 25.9. The minimum absolute atomic E-state index is 0.0131. The molecule has 0 bridgehead atoms. The van der Waals surface area contributed by atoms with Gasteiger partial charge in [-0.2, -0.15) is 11.3 Å². The Balaban J connectivity index is 1.76. The molecule has 1 aromatic carbocycles.